The largest absolute Gasteiger partial charge is 0.545 e. The van der Waals surface area contributed by atoms with Gasteiger partial charge in [0.2, 0.25) is 0 Å². The van der Waals surface area contributed by atoms with E-state index in [4.69, 9.17) is 0 Å². The lowest BCUT2D eigenvalue weighted by molar-refractivity contribution is -0.384. The van der Waals surface area contributed by atoms with Gasteiger partial charge in [0.05, 0.1) is 16.6 Å². The second-order valence-electron chi connectivity index (χ2n) is 4.60. The molecule has 0 aliphatic rings. The first kappa shape index (κ1) is 15.2. The summed E-state index contributed by atoms with van der Waals surface area (Å²) in [6.07, 6.45) is 0. The molecule has 0 radical (unpaired) electrons. The number of carbonyl (C=O) groups excluding carboxylic acids is 2. The molecular weight excluding hydrogens is 288 g/mol. The van der Waals surface area contributed by atoms with Crippen molar-refractivity contribution in [3.63, 3.8) is 0 Å². The highest BCUT2D eigenvalue weighted by atomic mass is 16.6. The number of rotatable bonds is 4. The quantitative estimate of drug-likeness (QED) is 0.679. The number of nitrogens with zero attached hydrogens (tertiary/aromatic N) is 1. The standard InChI is InChI=1S/C15H12N2O5/c1-9-5-6-13(12(7-9)15(19)20)16-14(18)10-3-2-4-11(8-10)17(21)22/h2-8H,1H3,(H,16,18)(H,19,20)/p-1. The number of carboxylic acids is 1. The molecule has 0 atom stereocenters. The average Bonchev–Trinajstić information content (AvgIpc) is 2.48. The van der Waals surface area contributed by atoms with Crippen molar-refractivity contribution in [2.45, 2.75) is 6.92 Å². The molecule has 0 aromatic heterocycles. The first-order chi connectivity index (χ1) is 10.4. The Bertz CT molecular complexity index is 770. The summed E-state index contributed by atoms with van der Waals surface area (Å²) in [7, 11) is 0. The van der Waals surface area contributed by atoms with Gasteiger partial charge in [-0.2, -0.15) is 0 Å². The number of carboxylic acid groups (broad SMARTS) is 1. The Labute approximate surface area is 125 Å². The van der Waals surface area contributed by atoms with E-state index in [0.717, 1.165) is 6.07 Å². The van der Waals surface area contributed by atoms with Crippen molar-refractivity contribution >= 4 is 23.3 Å². The second-order valence-corrected chi connectivity index (χ2v) is 4.60. The van der Waals surface area contributed by atoms with Crippen LogP contribution < -0.4 is 10.4 Å². The van der Waals surface area contributed by atoms with E-state index in [1.54, 1.807) is 13.0 Å². The smallest absolute Gasteiger partial charge is 0.270 e. The van der Waals surface area contributed by atoms with Gasteiger partial charge < -0.3 is 15.2 Å². The molecule has 0 saturated carbocycles. The van der Waals surface area contributed by atoms with Crippen LogP contribution in [-0.4, -0.2) is 16.8 Å². The number of benzene rings is 2. The van der Waals surface area contributed by atoms with Crippen LogP contribution >= 0.6 is 0 Å². The topological polar surface area (TPSA) is 112 Å². The fourth-order valence-corrected chi connectivity index (χ4v) is 1.89. The maximum atomic E-state index is 12.1. The molecule has 1 amide bonds. The number of amides is 1. The van der Waals surface area contributed by atoms with Crippen molar-refractivity contribution in [1.82, 2.24) is 0 Å². The van der Waals surface area contributed by atoms with Crippen LogP contribution in [0.25, 0.3) is 0 Å². The Morgan fingerprint density at radius 1 is 1.14 bits per heavy atom. The highest BCUT2D eigenvalue weighted by Crippen LogP contribution is 2.19. The highest BCUT2D eigenvalue weighted by Gasteiger charge is 2.13. The van der Waals surface area contributed by atoms with Gasteiger partial charge in [-0.15, -0.1) is 0 Å². The normalized spacial score (nSPS) is 10.0. The zero-order valence-corrected chi connectivity index (χ0v) is 11.5. The summed E-state index contributed by atoms with van der Waals surface area (Å²) in [6, 6.07) is 9.60. The van der Waals surface area contributed by atoms with E-state index in [-0.39, 0.29) is 22.5 Å². The Morgan fingerprint density at radius 3 is 2.50 bits per heavy atom. The summed E-state index contributed by atoms with van der Waals surface area (Å²) in [5.41, 5.74) is 0.448. The van der Waals surface area contributed by atoms with E-state index in [2.05, 4.69) is 5.32 Å². The van der Waals surface area contributed by atoms with Crippen LogP contribution in [0.2, 0.25) is 0 Å². The van der Waals surface area contributed by atoms with E-state index < -0.39 is 16.8 Å². The maximum absolute atomic E-state index is 12.1. The summed E-state index contributed by atoms with van der Waals surface area (Å²) < 4.78 is 0. The van der Waals surface area contributed by atoms with E-state index >= 15 is 0 Å². The van der Waals surface area contributed by atoms with Crippen LogP contribution in [0, 0.1) is 17.0 Å². The number of nitrogens with one attached hydrogen (secondary N) is 1. The Hall–Kier alpha value is -3.22. The van der Waals surface area contributed by atoms with Crippen LogP contribution in [-0.2, 0) is 0 Å². The number of nitro benzene ring substituents is 1. The molecule has 0 aliphatic heterocycles. The molecular formula is C15H11N2O5-. The molecule has 7 heteroatoms. The lowest BCUT2D eigenvalue weighted by atomic mass is 10.1. The number of carbonyl (C=O) groups is 2. The van der Waals surface area contributed by atoms with Crippen LogP contribution in [0.15, 0.2) is 42.5 Å². The van der Waals surface area contributed by atoms with E-state index in [0.29, 0.717) is 5.56 Å². The van der Waals surface area contributed by atoms with Crippen molar-refractivity contribution in [3.8, 4) is 0 Å². The molecule has 2 aromatic rings. The second kappa shape index (κ2) is 6.04. The molecule has 1 N–H and O–H groups in total. The molecule has 0 heterocycles. The van der Waals surface area contributed by atoms with Gasteiger partial charge in [-0.1, -0.05) is 17.7 Å². The van der Waals surface area contributed by atoms with Gasteiger partial charge in [0.15, 0.2) is 0 Å². The van der Waals surface area contributed by atoms with Gasteiger partial charge in [-0.3, -0.25) is 14.9 Å². The summed E-state index contributed by atoms with van der Waals surface area (Å²) in [4.78, 5) is 33.3. The average molecular weight is 299 g/mol. The first-order valence-electron chi connectivity index (χ1n) is 6.26. The highest BCUT2D eigenvalue weighted by molar-refractivity contribution is 6.07. The Kier molecular flexibility index (Phi) is 4.17. The SMILES string of the molecule is Cc1ccc(NC(=O)c2cccc([N+](=O)[O-])c2)c(C(=O)[O-])c1. The molecule has 0 aliphatic carbocycles. The molecule has 0 spiro atoms. The molecule has 0 saturated heterocycles. The summed E-state index contributed by atoms with van der Waals surface area (Å²) in [6.45, 7) is 1.71. The number of aromatic carboxylic acids is 1. The van der Waals surface area contributed by atoms with E-state index in [9.17, 15) is 24.8 Å². The molecule has 7 nitrogen and oxygen atoms in total. The zero-order valence-electron chi connectivity index (χ0n) is 11.5. The number of anilines is 1. The predicted molar refractivity (Wildman–Crippen MR) is 76.6 cm³/mol. The molecule has 22 heavy (non-hydrogen) atoms. The molecule has 2 rings (SSSR count). The molecule has 112 valence electrons. The van der Waals surface area contributed by atoms with E-state index in [1.807, 2.05) is 0 Å². The minimum Gasteiger partial charge on any atom is -0.545 e. The number of non-ortho nitro benzene ring substituents is 1. The number of hydrogen-bond acceptors (Lipinski definition) is 5. The van der Waals surface area contributed by atoms with Gasteiger partial charge in [0.1, 0.15) is 0 Å². The van der Waals surface area contributed by atoms with Crippen LogP contribution in [0.3, 0.4) is 0 Å². The van der Waals surface area contributed by atoms with Crippen molar-refractivity contribution < 1.29 is 19.6 Å². The predicted octanol–water partition coefficient (Wildman–Crippen LogP) is 1.52. The van der Waals surface area contributed by atoms with Crippen molar-refractivity contribution in [2.75, 3.05) is 5.32 Å². The minimum absolute atomic E-state index is 0.0547. The lowest BCUT2D eigenvalue weighted by Crippen LogP contribution is -2.25. The molecule has 0 bridgehead atoms. The van der Waals surface area contributed by atoms with Crippen LogP contribution in [0.4, 0.5) is 11.4 Å². The number of aryl methyl sites for hydroxylation is 1. The van der Waals surface area contributed by atoms with Crippen molar-refractivity contribution in [3.05, 3.63) is 69.3 Å². The van der Waals surface area contributed by atoms with Crippen molar-refractivity contribution in [2.24, 2.45) is 0 Å². The monoisotopic (exact) mass is 299 g/mol. The Balaban J connectivity index is 2.31. The Morgan fingerprint density at radius 2 is 1.86 bits per heavy atom. The van der Waals surface area contributed by atoms with Gasteiger partial charge in [-0.25, -0.2) is 0 Å². The third-order valence-corrected chi connectivity index (χ3v) is 2.96. The number of nitro groups is 1. The summed E-state index contributed by atoms with van der Waals surface area (Å²) in [5, 5.41) is 24.2. The summed E-state index contributed by atoms with van der Waals surface area (Å²) in [5.74, 6) is -2.06. The van der Waals surface area contributed by atoms with Gasteiger partial charge >= 0.3 is 0 Å². The van der Waals surface area contributed by atoms with Gasteiger partial charge in [0.25, 0.3) is 11.6 Å². The van der Waals surface area contributed by atoms with Gasteiger partial charge in [0, 0.05) is 23.3 Å². The van der Waals surface area contributed by atoms with Crippen molar-refractivity contribution in [1.29, 1.82) is 0 Å². The van der Waals surface area contributed by atoms with Gasteiger partial charge in [-0.05, 0) is 25.1 Å². The lowest BCUT2D eigenvalue weighted by Gasteiger charge is -2.12. The maximum Gasteiger partial charge on any atom is 0.270 e. The zero-order chi connectivity index (χ0) is 16.3. The van der Waals surface area contributed by atoms with Crippen LogP contribution in [0.1, 0.15) is 26.3 Å². The summed E-state index contributed by atoms with van der Waals surface area (Å²) >= 11 is 0. The third kappa shape index (κ3) is 3.26. The molecule has 0 fully saturated rings. The third-order valence-electron chi connectivity index (χ3n) is 2.96. The van der Waals surface area contributed by atoms with Crippen LogP contribution in [0.5, 0.6) is 0 Å². The first-order valence-corrected chi connectivity index (χ1v) is 6.26. The molecule has 0 unspecified atom stereocenters. The van der Waals surface area contributed by atoms with E-state index in [1.165, 1.54) is 30.3 Å². The number of hydrogen-bond donors (Lipinski definition) is 1. The fraction of sp³-hybridized carbons (Fsp3) is 0.0667. The fourth-order valence-electron chi connectivity index (χ4n) is 1.89. The minimum atomic E-state index is -1.42. The molecule has 2 aromatic carbocycles.